The van der Waals surface area contributed by atoms with Crippen molar-refractivity contribution < 1.29 is 22.5 Å². The van der Waals surface area contributed by atoms with Gasteiger partial charge in [-0.1, -0.05) is 0 Å². The normalized spacial score (nSPS) is 0. The maximum absolute atomic E-state index is 0. The number of hydrogen-bond donors (Lipinski definition) is 0. The van der Waals surface area contributed by atoms with Gasteiger partial charge in [0.2, 0.25) is 0 Å². The van der Waals surface area contributed by atoms with Crippen LogP contribution in [-0.4, -0.2) is 18.9 Å². The van der Waals surface area contributed by atoms with Crippen LogP contribution in [-0.2, 0) is 22.5 Å². The first kappa shape index (κ1) is 52.2. The molecule has 0 heterocycles. The second-order valence-electron chi connectivity index (χ2n) is 0. The van der Waals surface area contributed by atoms with Crippen LogP contribution in [0.1, 0.15) is 0 Å². The molecule has 0 fully saturated rings. The van der Waals surface area contributed by atoms with Crippen molar-refractivity contribution in [2.75, 3.05) is 0 Å². The molecule has 0 saturated carbocycles. The monoisotopic (exact) mass is 111 g/mol. The summed E-state index contributed by atoms with van der Waals surface area (Å²) < 4.78 is 0. The first-order valence-electron chi connectivity index (χ1n) is 0. The van der Waals surface area contributed by atoms with Crippen molar-refractivity contribution in [2.45, 2.75) is 0 Å². The van der Waals surface area contributed by atoms with E-state index in [0.717, 1.165) is 0 Å². The summed E-state index contributed by atoms with van der Waals surface area (Å²) >= 11 is 0. The summed E-state index contributed by atoms with van der Waals surface area (Å²) in [4.78, 5) is 0. The van der Waals surface area contributed by atoms with E-state index in [2.05, 4.69) is 0 Å². The summed E-state index contributed by atoms with van der Waals surface area (Å²) in [5, 5.41) is 0. The Bertz CT molecular complexity index is 8.00. The fourth-order valence-corrected chi connectivity index (χ4v) is 0. The molecule has 0 aliphatic rings. The Balaban J connectivity index is 0. The van der Waals surface area contributed by atoms with Gasteiger partial charge in [-0.05, 0) is 0 Å². The molecule has 0 spiro atoms. The predicted octanol–water partition coefficient (Wildman–Crippen LogP) is -0.122. The quantitative estimate of drug-likeness (QED) is 0.390. The Morgan fingerprint density at radius 3 is 1.00 bits per heavy atom. The van der Waals surface area contributed by atoms with E-state index in [1.807, 2.05) is 0 Å². The van der Waals surface area contributed by atoms with Gasteiger partial charge in [-0.25, -0.2) is 0 Å². The molecule has 1 nitrogen and oxygen atoms in total. The topological polar surface area (TPSA) is 28.5 Å². The Hall–Kier alpha value is 1.43. The van der Waals surface area contributed by atoms with Gasteiger partial charge in [-0.3, -0.25) is 0 Å². The van der Waals surface area contributed by atoms with Crippen LogP contribution in [0, 0.1) is 0 Å². The molecule has 0 aromatic carbocycles. The van der Waals surface area contributed by atoms with Crippen LogP contribution >= 0.6 is 13.5 Å². The van der Waals surface area contributed by atoms with Crippen LogP contribution < -0.4 is 0 Å². The molecule has 4 heavy (non-hydrogen) atoms. The van der Waals surface area contributed by atoms with Crippen LogP contribution in [0.3, 0.4) is 0 Å². The van der Waals surface area contributed by atoms with Gasteiger partial charge >= 0.3 is 18.9 Å². The maximum atomic E-state index is 0. The Morgan fingerprint density at radius 1 is 1.00 bits per heavy atom. The zero-order chi connectivity index (χ0) is 0. The van der Waals surface area contributed by atoms with E-state index in [9.17, 15) is 0 Å². The Morgan fingerprint density at radius 2 is 1.00 bits per heavy atom. The van der Waals surface area contributed by atoms with Crippen molar-refractivity contribution in [1.29, 1.82) is 0 Å². The molecular weight excluding hydrogens is 110 g/mol. The zero-order valence-electron chi connectivity index (χ0n) is 1.19. The van der Waals surface area contributed by atoms with Gasteiger partial charge in [0.1, 0.15) is 0 Å². The van der Waals surface area contributed by atoms with E-state index in [1.165, 1.54) is 0 Å². The third-order valence-electron chi connectivity index (χ3n) is 0. The van der Waals surface area contributed by atoms with Gasteiger partial charge in [0.05, 0.1) is 0 Å². The smallest absolute Gasteiger partial charge is 0 e. The third kappa shape index (κ3) is 9.91. The van der Waals surface area contributed by atoms with E-state index in [0.29, 0.717) is 0 Å². The molecular formula is HLiMnOS. The molecule has 21 valence electrons. The largest absolute Gasteiger partial charge is 0 e. The molecule has 0 aromatic heterocycles. The average Bonchev–Trinajstić information content (AvgIpc) is 0. The maximum Gasteiger partial charge on any atom is 0 e. The molecule has 0 N–H and O–H groups in total. The molecule has 0 unspecified atom stereocenters. The molecule has 4 heteroatoms. The van der Waals surface area contributed by atoms with E-state index in [1.54, 1.807) is 0 Å². The van der Waals surface area contributed by atoms with Crippen LogP contribution in [0.5, 0.6) is 0 Å². The summed E-state index contributed by atoms with van der Waals surface area (Å²) in [5.74, 6) is 0. The van der Waals surface area contributed by atoms with Gasteiger partial charge < -0.3 is 0 Å². The minimum Gasteiger partial charge on any atom is 0 e. The van der Waals surface area contributed by atoms with Crippen molar-refractivity contribution in [1.82, 2.24) is 0 Å². The van der Waals surface area contributed by atoms with E-state index in [-0.39, 0.29) is 54.9 Å². The van der Waals surface area contributed by atoms with E-state index >= 15 is 0 Å². The minimum atomic E-state index is 0. The van der Waals surface area contributed by atoms with Gasteiger partial charge in [0.15, 0.2) is 0 Å². The van der Waals surface area contributed by atoms with E-state index < -0.39 is 0 Å². The molecule has 0 rings (SSSR count). The van der Waals surface area contributed by atoms with E-state index in [4.69, 9.17) is 0 Å². The van der Waals surface area contributed by atoms with Crippen molar-refractivity contribution >= 4 is 32.4 Å². The van der Waals surface area contributed by atoms with Crippen molar-refractivity contribution in [3.05, 3.63) is 0 Å². The predicted molar refractivity (Wildman–Crippen MR) is 15.4 cm³/mol. The standard InChI is InChI=1S/Li.Mn.O.S.H. The fraction of sp³-hybridized carbons (Fsp3) is 0. The number of rotatable bonds is 0. The summed E-state index contributed by atoms with van der Waals surface area (Å²) in [6.07, 6.45) is 0. The van der Waals surface area contributed by atoms with Crippen LogP contribution in [0.15, 0.2) is 0 Å². The molecule has 0 amide bonds. The van der Waals surface area contributed by atoms with Gasteiger partial charge in [-0.15, -0.1) is 0 Å². The first-order valence-corrected chi connectivity index (χ1v) is 0. The molecule has 0 aliphatic carbocycles. The minimum absolute atomic E-state index is 0. The molecule has 0 bridgehead atoms. The number of hydrogen-bond acceptors (Lipinski definition) is 0. The van der Waals surface area contributed by atoms with Crippen LogP contribution in [0.4, 0.5) is 0 Å². The summed E-state index contributed by atoms with van der Waals surface area (Å²) in [7, 11) is 0. The zero-order valence-corrected chi connectivity index (χ0v) is 3.19. The molecule has 0 aromatic rings. The molecule has 5 radical (unpaired) electrons. The first-order chi connectivity index (χ1) is 0. The van der Waals surface area contributed by atoms with Gasteiger partial charge in [0.25, 0.3) is 0 Å². The molecule has 0 aliphatic heterocycles. The third-order valence-corrected chi connectivity index (χ3v) is 0. The Kier molecular flexibility index (Phi) is 333. The second-order valence-corrected chi connectivity index (χ2v) is 0. The van der Waals surface area contributed by atoms with Crippen LogP contribution in [0.25, 0.3) is 0 Å². The van der Waals surface area contributed by atoms with Gasteiger partial charge in [-0.2, -0.15) is 0 Å². The summed E-state index contributed by atoms with van der Waals surface area (Å²) in [6, 6.07) is 0. The Labute approximate surface area is 54.9 Å². The SMILES string of the molecule is [LiH].[Mn].[O].[S]. The van der Waals surface area contributed by atoms with Gasteiger partial charge in [0, 0.05) is 36.0 Å². The van der Waals surface area contributed by atoms with Crippen molar-refractivity contribution in [3.8, 4) is 0 Å². The van der Waals surface area contributed by atoms with Crippen molar-refractivity contribution in [3.63, 3.8) is 0 Å². The van der Waals surface area contributed by atoms with Crippen LogP contribution in [0.2, 0.25) is 0 Å². The second kappa shape index (κ2) is 25.5. The fourth-order valence-electron chi connectivity index (χ4n) is 0. The average molecular weight is 111 g/mol. The summed E-state index contributed by atoms with van der Waals surface area (Å²) in [5.41, 5.74) is 0. The summed E-state index contributed by atoms with van der Waals surface area (Å²) in [6.45, 7) is 0. The molecule has 0 saturated heterocycles. The van der Waals surface area contributed by atoms with Crippen molar-refractivity contribution in [2.24, 2.45) is 0 Å². The molecule has 0 atom stereocenters.